The van der Waals surface area contributed by atoms with Crippen molar-refractivity contribution in [2.24, 2.45) is 0 Å². The smallest absolute Gasteiger partial charge is 0.239 e. The molecule has 2 nitrogen and oxygen atoms in total. The first-order chi connectivity index (χ1) is 10.6. The Hall–Kier alpha value is -2.09. The Bertz CT molecular complexity index is 805. The van der Waals surface area contributed by atoms with Crippen LogP contribution in [0.2, 0.25) is 0 Å². The van der Waals surface area contributed by atoms with Crippen molar-refractivity contribution < 1.29 is 4.79 Å². The second-order valence-corrected chi connectivity index (χ2v) is 6.39. The number of rotatable bonds is 3. The van der Waals surface area contributed by atoms with E-state index < -0.39 is 5.41 Å². The molecule has 22 heavy (non-hydrogen) atoms. The Morgan fingerprint density at radius 2 is 2.05 bits per heavy atom. The normalized spacial score (nSPS) is 19.3. The van der Waals surface area contributed by atoms with Crippen LogP contribution in [0.4, 0.5) is 5.69 Å². The van der Waals surface area contributed by atoms with Crippen LogP contribution in [-0.2, 0) is 10.2 Å². The molecule has 1 aliphatic rings. The number of aryl methyl sites for hydroxylation is 1. The zero-order valence-electron chi connectivity index (χ0n) is 12.3. The third-order valence-corrected chi connectivity index (χ3v) is 4.73. The molecule has 1 amide bonds. The number of allylic oxidation sites excluding steroid dienone is 1. The van der Waals surface area contributed by atoms with Gasteiger partial charge in [-0.1, -0.05) is 52.8 Å². The predicted molar refractivity (Wildman–Crippen MR) is 93.1 cm³/mol. The summed E-state index contributed by atoms with van der Waals surface area (Å²) in [5.74, 6) is 0.00130. The van der Waals surface area contributed by atoms with E-state index in [1.165, 1.54) is 0 Å². The quantitative estimate of drug-likeness (QED) is 0.794. The van der Waals surface area contributed by atoms with Gasteiger partial charge in [-0.25, -0.2) is 0 Å². The number of halogens is 1. The summed E-state index contributed by atoms with van der Waals surface area (Å²) in [6.45, 7) is 5.68. The summed E-state index contributed by atoms with van der Waals surface area (Å²) >= 11 is 3.46. The van der Waals surface area contributed by atoms with Crippen molar-refractivity contribution in [3.63, 3.8) is 0 Å². The van der Waals surface area contributed by atoms with Gasteiger partial charge in [0.1, 0.15) is 5.41 Å². The molecule has 3 rings (SSSR count). The fourth-order valence-electron chi connectivity index (χ4n) is 3.20. The van der Waals surface area contributed by atoms with E-state index in [2.05, 4.69) is 33.6 Å². The van der Waals surface area contributed by atoms with Gasteiger partial charge in [0, 0.05) is 10.2 Å². The van der Waals surface area contributed by atoms with Crippen LogP contribution >= 0.6 is 15.9 Å². The molecule has 1 unspecified atom stereocenters. The number of hydrogen-bond acceptors (Lipinski definition) is 1. The van der Waals surface area contributed by atoms with Crippen molar-refractivity contribution in [3.05, 3.63) is 82.0 Å². The SMILES string of the molecule is C=C=CCC1(c2ccccc2C)C(=O)Nc2cc(Br)ccc21. The molecule has 2 aromatic rings. The summed E-state index contributed by atoms with van der Waals surface area (Å²) in [5.41, 5.74) is 6.08. The minimum absolute atomic E-state index is 0.00130. The van der Waals surface area contributed by atoms with Gasteiger partial charge in [-0.3, -0.25) is 4.79 Å². The van der Waals surface area contributed by atoms with Gasteiger partial charge >= 0.3 is 0 Å². The van der Waals surface area contributed by atoms with E-state index in [0.29, 0.717) is 6.42 Å². The third-order valence-electron chi connectivity index (χ3n) is 4.23. The van der Waals surface area contributed by atoms with Gasteiger partial charge in [0.2, 0.25) is 5.91 Å². The first-order valence-corrected chi connectivity index (χ1v) is 7.91. The Labute approximate surface area is 138 Å². The van der Waals surface area contributed by atoms with Gasteiger partial charge in [-0.2, -0.15) is 0 Å². The highest BCUT2D eigenvalue weighted by Gasteiger charge is 2.48. The Balaban J connectivity index is 2.31. The molecular weight excluding hydrogens is 338 g/mol. The number of anilines is 1. The Kier molecular flexibility index (Phi) is 3.78. The molecule has 110 valence electrons. The molecule has 1 heterocycles. The van der Waals surface area contributed by atoms with Crippen LogP contribution in [0, 0.1) is 6.92 Å². The van der Waals surface area contributed by atoms with Crippen LogP contribution in [0.1, 0.15) is 23.1 Å². The summed E-state index contributed by atoms with van der Waals surface area (Å²) in [7, 11) is 0. The van der Waals surface area contributed by atoms with Gasteiger partial charge < -0.3 is 5.32 Å². The van der Waals surface area contributed by atoms with Crippen LogP contribution in [0.25, 0.3) is 0 Å². The number of benzene rings is 2. The topological polar surface area (TPSA) is 29.1 Å². The number of fused-ring (bicyclic) bond motifs is 1. The Morgan fingerprint density at radius 3 is 2.77 bits per heavy atom. The van der Waals surface area contributed by atoms with E-state index in [1.807, 2.05) is 55.5 Å². The first kappa shape index (κ1) is 14.8. The molecule has 0 fully saturated rings. The predicted octanol–water partition coefficient (Wildman–Crippen LogP) is 4.73. The molecular formula is C19H16BrNO. The van der Waals surface area contributed by atoms with Gasteiger partial charge in [0.15, 0.2) is 0 Å². The van der Waals surface area contributed by atoms with Crippen molar-refractivity contribution in [1.82, 2.24) is 0 Å². The van der Waals surface area contributed by atoms with Crippen LogP contribution in [0.15, 0.2) is 65.3 Å². The van der Waals surface area contributed by atoms with Crippen LogP contribution in [-0.4, -0.2) is 5.91 Å². The number of hydrogen-bond donors (Lipinski definition) is 1. The van der Waals surface area contributed by atoms with Crippen molar-refractivity contribution in [2.45, 2.75) is 18.8 Å². The molecule has 3 heteroatoms. The van der Waals surface area contributed by atoms with Gasteiger partial charge in [0.05, 0.1) is 0 Å². The lowest BCUT2D eigenvalue weighted by atomic mass is 9.71. The van der Waals surface area contributed by atoms with Gasteiger partial charge in [-0.15, -0.1) is 5.73 Å². The highest BCUT2D eigenvalue weighted by atomic mass is 79.9. The van der Waals surface area contributed by atoms with E-state index >= 15 is 0 Å². The molecule has 2 aromatic carbocycles. The molecule has 0 aromatic heterocycles. The monoisotopic (exact) mass is 353 g/mol. The van der Waals surface area contributed by atoms with E-state index in [1.54, 1.807) is 0 Å². The first-order valence-electron chi connectivity index (χ1n) is 7.11. The number of amides is 1. The average molecular weight is 354 g/mol. The van der Waals surface area contributed by atoms with E-state index in [0.717, 1.165) is 26.9 Å². The zero-order chi connectivity index (χ0) is 15.7. The van der Waals surface area contributed by atoms with Crippen LogP contribution < -0.4 is 5.32 Å². The highest BCUT2D eigenvalue weighted by molar-refractivity contribution is 9.10. The fraction of sp³-hybridized carbons (Fsp3) is 0.158. The highest BCUT2D eigenvalue weighted by Crippen LogP contribution is 2.47. The lowest BCUT2D eigenvalue weighted by molar-refractivity contribution is -0.119. The molecule has 0 aliphatic carbocycles. The van der Waals surface area contributed by atoms with Crippen molar-refractivity contribution in [1.29, 1.82) is 0 Å². The molecule has 0 bridgehead atoms. The van der Waals surface area contributed by atoms with Crippen LogP contribution in [0.3, 0.4) is 0 Å². The number of nitrogens with one attached hydrogen (secondary N) is 1. The zero-order valence-corrected chi connectivity index (χ0v) is 13.9. The van der Waals surface area contributed by atoms with Gasteiger partial charge in [-0.05, 0) is 48.2 Å². The second kappa shape index (κ2) is 5.60. The maximum atomic E-state index is 12.9. The molecule has 1 aliphatic heterocycles. The molecule has 0 radical (unpaired) electrons. The van der Waals surface area contributed by atoms with Crippen molar-refractivity contribution in [3.8, 4) is 0 Å². The molecule has 0 saturated carbocycles. The summed E-state index contributed by atoms with van der Waals surface area (Å²) in [4.78, 5) is 12.9. The third kappa shape index (κ3) is 2.14. The van der Waals surface area contributed by atoms with E-state index in [4.69, 9.17) is 0 Å². The largest absolute Gasteiger partial charge is 0.325 e. The summed E-state index contributed by atoms with van der Waals surface area (Å²) in [6.07, 6.45) is 2.38. The second-order valence-electron chi connectivity index (χ2n) is 5.48. The molecule has 1 N–H and O–H groups in total. The molecule has 0 spiro atoms. The standard InChI is InChI=1S/C19H16BrNO/c1-3-4-11-19(15-8-6-5-7-13(15)2)16-10-9-14(20)12-17(16)21-18(19)22/h4-10,12H,1,11H2,2H3,(H,21,22). The Morgan fingerprint density at radius 1 is 1.27 bits per heavy atom. The number of carbonyl (C=O) groups is 1. The minimum Gasteiger partial charge on any atom is -0.325 e. The molecule has 0 saturated heterocycles. The van der Waals surface area contributed by atoms with Crippen molar-refractivity contribution >= 4 is 27.5 Å². The minimum atomic E-state index is -0.716. The van der Waals surface area contributed by atoms with E-state index in [9.17, 15) is 4.79 Å². The molecule has 1 atom stereocenters. The summed E-state index contributed by atoms with van der Waals surface area (Å²) < 4.78 is 0.950. The van der Waals surface area contributed by atoms with Gasteiger partial charge in [0.25, 0.3) is 0 Å². The van der Waals surface area contributed by atoms with Crippen molar-refractivity contribution in [2.75, 3.05) is 5.32 Å². The average Bonchev–Trinajstić information content (AvgIpc) is 2.77. The lowest BCUT2D eigenvalue weighted by Gasteiger charge is -2.28. The lowest BCUT2D eigenvalue weighted by Crippen LogP contribution is -2.36. The van der Waals surface area contributed by atoms with Crippen LogP contribution in [0.5, 0.6) is 0 Å². The number of carbonyl (C=O) groups excluding carboxylic acids is 1. The maximum absolute atomic E-state index is 12.9. The fourth-order valence-corrected chi connectivity index (χ4v) is 3.56. The maximum Gasteiger partial charge on any atom is 0.239 e. The summed E-state index contributed by atoms with van der Waals surface area (Å²) in [5, 5.41) is 3.03. The summed E-state index contributed by atoms with van der Waals surface area (Å²) in [6, 6.07) is 14.0. The van der Waals surface area contributed by atoms with E-state index in [-0.39, 0.29) is 5.91 Å².